The van der Waals surface area contributed by atoms with E-state index in [0.717, 1.165) is 48.5 Å². The molecule has 0 aliphatic heterocycles. The lowest BCUT2D eigenvalue weighted by atomic mass is 9.96. The molecule has 4 heteroatoms. The average Bonchev–Trinajstić information content (AvgIpc) is 2.63. The van der Waals surface area contributed by atoms with E-state index in [4.69, 9.17) is 11.6 Å². The van der Waals surface area contributed by atoms with Crippen molar-refractivity contribution in [3.05, 3.63) is 69.9 Å². The zero-order valence-corrected chi connectivity index (χ0v) is 16.1. The molecule has 0 radical (unpaired) electrons. The molecule has 2 aromatic carbocycles. The van der Waals surface area contributed by atoms with Gasteiger partial charge < -0.3 is 10.6 Å². The molecular formula is C22H25ClN2O. The first kappa shape index (κ1) is 18.5. The third-order valence-electron chi connectivity index (χ3n) is 4.96. The second-order valence-corrected chi connectivity index (χ2v) is 7.15. The Morgan fingerprint density at radius 1 is 1.00 bits per heavy atom. The van der Waals surface area contributed by atoms with Crippen LogP contribution < -0.4 is 10.6 Å². The predicted molar refractivity (Wildman–Crippen MR) is 110 cm³/mol. The molecule has 0 bridgehead atoms. The third-order valence-corrected chi connectivity index (χ3v) is 5.36. The first-order chi connectivity index (χ1) is 12.6. The lowest BCUT2D eigenvalue weighted by Gasteiger charge is -2.20. The second-order valence-electron chi connectivity index (χ2n) is 6.78. The summed E-state index contributed by atoms with van der Waals surface area (Å²) < 4.78 is 0. The fourth-order valence-corrected chi connectivity index (χ4v) is 3.52. The van der Waals surface area contributed by atoms with Crippen LogP contribution in [-0.4, -0.2) is 12.3 Å². The number of carbonyl (C=O) groups excluding carboxylic acids is 1. The average molecular weight is 369 g/mol. The number of benzene rings is 2. The van der Waals surface area contributed by atoms with E-state index < -0.39 is 0 Å². The number of hydrogen-bond acceptors (Lipinski definition) is 3. The molecule has 0 spiro atoms. The largest absolute Gasteiger partial charge is 0.383 e. The normalized spacial score (nSPS) is 14.5. The van der Waals surface area contributed by atoms with Gasteiger partial charge in [0.15, 0.2) is 5.78 Å². The summed E-state index contributed by atoms with van der Waals surface area (Å²) in [5.41, 5.74) is 6.21. The summed E-state index contributed by atoms with van der Waals surface area (Å²) in [4.78, 5) is 11.9. The van der Waals surface area contributed by atoms with Crippen molar-refractivity contribution in [1.29, 1.82) is 0 Å². The Kier molecular flexibility index (Phi) is 6.00. The molecule has 2 N–H and O–H groups in total. The molecule has 3 rings (SSSR count). The van der Waals surface area contributed by atoms with Crippen LogP contribution in [0.1, 0.15) is 37.3 Å². The van der Waals surface area contributed by atoms with Gasteiger partial charge in [0.25, 0.3) is 0 Å². The van der Waals surface area contributed by atoms with Crippen LogP contribution >= 0.6 is 11.6 Å². The number of aryl methyl sites for hydroxylation is 1. The smallest absolute Gasteiger partial charge is 0.160 e. The van der Waals surface area contributed by atoms with E-state index in [1.165, 1.54) is 11.1 Å². The Hall–Kier alpha value is -2.26. The number of anilines is 2. The fraction of sp³-hybridized carbons (Fsp3) is 0.318. The van der Waals surface area contributed by atoms with Crippen LogP contribution in [-0.2, 0) is 11.2 Å². The topological polar surface area (TPSA) is 41.1 Å². The molecule has 2 aromatic rings. The summed E-state index contributed by atoms with van der Waals surface area (Å²) in [7, 11) is 0. The second kappa shape index (κ2) is 8.41. The Morgan fingerprint density at radius 3 is 2.58 bits per heavy atom. The summed E-state index contributed by atoms with van der Waals surface area (Å²) in [6.45, 7) is 4.84. The van der Waals surface area contributed by atoms with Crippen LogP contribution in [0.2, 0.25) is 5.02 Å². The van der Waals surface area contributed by atoms with Crippen LogP contribution in [0.15, 0.2) is 53.7 Å². The highest BCUT2D eigenvalue weighted by Crippen LogP contribution is 2.33. The number of nitrogens with one attached hydrogen (secondary N) is 2. The highest BCUT2D eigenvalue weighted by atomic mass is 35.5. The number of ketones is 1. The van der Waals surface area contributed by atoms with Crippen LogP contribution in [0.4, 0.5) is 11.4 Å². The van der Waals surface area contributed by atoms with Gasteiger partial charge in [-0.05, 0) is 56.4 Å². The van der Waals surface area contributed by atoms with Crippen molar-refractivity contribution in [1.82, 2.24) is 0 Å². The van der Waals surface area contributed by atoms with E-state index in [1.807, 2.05) is 25.1 Å². The summed E-state index contributed by atoms with van der Waals surface area (Å²) in [5, 5.41) is 7.47. The van der Waals surface area contributed by atoms with Crippen molar-refractivity contribution in [3.8, 4) is 0 Å². The molecule has 0 aromatic heterocycles. The Labute approximate surface area is 160 Å². The van der Waals surface area contributed by atoms with Gasteiger partial charge in [-0.1, -0.05) is 41.9 Å². The Bertz CT molecular complexity index is 842. The fourth-order valence-electron chi connectivity index (χ4n) is 3.28. The molecule has 0 saturated carbocycles. The Morgan fingerprint density at radius 2 is 1.77 bits per heavy atom. The van der Waals surface area contributed by atoms with Crippen LogP contribution in [0.25, 0.3) is 0 Å². The number of rotatable bonds is 6. The zero-order valence-electron chi connectivity index (χ0n) is 15.4. The lowest BCUT2D eigenvalue weighted by Crippen LogP contribution is -2.15. The van der Waals surface area contributed by atoms with Crippen molar-refractivity contribution in [3.63, 3.8) is 0 Å². The molecule has 0 fully saturated rings. The SMILES string of the molecule is CC1=C(Nc2cccc(NCCc3ccccc3C)c2Cl)CCCC1=O. The van der Waals surface area contributed by atoms with Gasteiger partial charge in [-0.3, -0.25) is 4.79 Å². The first-order valence-corrected chi connectivity index (χ1v) is 9.51. The standard InChI is InChI=1S/C22H25ClN2O/c1-15-7-3-4-8-17(15)13-14-24-19-10-5-11-20(22(19)23)25-18-9-6-12-21(26)16(18)2/h3-5,7-8,10-11,24-25H,6,9,12-14H2,1-2H3. The number of hydrogen-bond donors (Lipinski definition) is 2. The zero-order chi connectivity index (χ0) is 18.5. The summed E-state index contributed by atoms with van der Waals surface area (Å²) in [6, 6.07) is 14.3. The van der Waals surface area contributed by atoms with Crippen molar-refractivity contribution in [2.45, 2.75) is 39.5 Å². The van der Waals surface area contributed by atoms with E-state index in [9.17, 15) is 4.79 Å². The number of allylic oxidation sites excluding steroid dienone is 2. The van der Waals surface area contributed by atoms with Crippen molar-refractivity contribution >= 4 is 28.8 Å². The third kappa shape index (κ3) is 4.28. The van der Waals surface area contributed by atoms with E-state index in [0.29, 0.717) is 11.4 Å². The summed E-state index contributed by atoms with van der Waals surface area (Å²) in [5.74, 6) is 0.224. The molecule has 1 aliphatic rings. The predicted octanol–water partition coefficient (Wildman–Crippen LogP) is 5.74. The van der Waals surface area contributed by atoms with Gasteiger partial charge in [0.1, 0.15) is 0 Å². The maximum absolute atomic E-state index is 11.9. The first-order valence-electron chi connectivity index (χ1n) is 9.13. The van der Waals surface area contributed by atoms with Crippen LogP contribution in [0.5, 0.6) is 0 Å². The van der Waals surface area contributed by atoms with E-state index >= 15 is 0 Å². The molecule has 0 atom stereocenters. The molecular weight excluding hydrogens is 344 g/mol. The van der Waals surface area contributed by atoms with Crippen molar-refractivity contribution in [2.75, 3.05) is 17.2 Å². The van der Waals surface area contributed by atoms with Gasteiger partial charge in [0.05, 0.1) is 16.4 Å². The maximum atomic E-state index is 11.9. The van der Waals surface area contributed by atoms with Crippen LogP contribution in [0, 0.1) is 6.92 Å². The highest BCUT2D eigenvalue weighted by Gasteiger charge is 2.17. The maximum Gasteiger partial charge on any atom is 0.160 e. The molecule has 26 heavy (non-hydrogen) atoms. The van der Waals surface area contributed by atoms with Gasteiger partial charge in [-0.25, -0.2) is 0 Å². The van der Waals surface area contributed by atoms with Crippen molar-refractivity contribution < 1.29 is 4.79 Å². The van der Waals surface area contributed by atoms with Gasteiger partial charge >= 0.3 is 0 Å². The monoisotopic (exact) mass is 368 g/mol. The molecule has 136 valence electrons. The van der Waals surface area contributed by atoms with Crippen molar-refractivity contribution in [2.24, 2.45) is 0 Å². The van der Waals surface area contributed by atoms with E-state index in [1.54, 1.807) is 0 Å². The summed E-state index contributed by atoms with van der Waals surface area (Å²) in [6.07, 6.45) is 3.37. The van der Waals surface area contributed by atoms with E-state index in [-0.39, 0.29) is 5.78 Å². The number of Topliss-reactive ketones (excluding diaryl/α,β-unsaturated/α-hetero) is 1. The van der Waals surface area contributed by atoms with Crippen LogP contribution in [0.3, 0.4) is 0 Å². The van der Waals surface area contributed by atoms with E-state index in [2.05, 4.69) is 41.8 Å². The minimum absolute atomic E-state index is 0.224. The minimum atomic E-state index is 0.224. The number of halogens is 1. The molecule has 3 nitrogen and oxygen atoms in total. The molecule has 0 heterocycles. The summed E-state index contributed by atoms with van der Waals surface area (Å²) >= 11 is 6.59. The minimum Gasteiger partial charge on any atom is -0.383 e. The van der Waals surface area contributed by atoms with Gasteiger partial charge in [-0.15, -0.1) is 0 Å². The lowest BCUT2D eigenvalue weighted by molar-refractivity contribution is -0.116. The Balaban J connectivity index is 1.68. The molecule has 1 aliphatic carbocycles. The highest BCUT2D eigenvalue weighted by molar-refractivity contribution is 6.36. The number of carbonyl (C=O) groups is 1. The van der Waals surface area contributed by atoms with Gasteiger partial charge in [-0.2, -0.15) is 0 Å². The molecule has 0 unspecified atom stereocenters. The molecule has 0 amide bonds. The molecule has 0 saturated heterocycles. The van der Waals surface area contributed by atoms with Gasteiger partial charge in [0.2, 0.25) is 0 Å². The quantitative estimate of drug-likeness (QED) is 0.682. The van der Waals surface area contributed by atoms with Gasteiger partial charge in [0, 0.05) is 24.2 Å².